The van der Waals surface area contributed by atoms with Crippen molar-refractivity contribution < 1.29 is 23.1 Å². The number of carboxylic acid groups (broad SMARTS) is 1. The molecule has 0 aromatic carbocycles. The van der Waals surface area contributed by atoms with Crippen LogP contribution in [0.1, 0.15) is 39.5 Å². The highest BCUT2D eigenvalue weighted by Crippen LogP contribution is 2.41. The van der Waals surface area contributed by atoms with Crippen LogP contribution in [0.25, 0.3) is 0 Å². The van der Waals surface area contributed by atoms with Gasteiger partial charge in [0.25, 0.3) is 0 Å². The quantitative estimate of drug-likeness (QED) is 0.817. The molecule has 1 rings (SSSR count). The SMILES string of the molecule is CC(C)C1CCC(C(=O)O)C(CCSC(F)(F)F)C1. The van der Waals surface area contributed by atoms with Gasteiger partial charge < -0.3 is 5.11 Å². The molecule has 1 fully saturated rings. The Morgan fingerprint density at radius 2 is 2.00 bits per heavy atom. The number of carbonyl (C=O) groups is 1. The summed E-state index contributed by atoms with van der Waals surface area (Å²) in [6.45, 7) is 4.18. The van der Waals surface area contributed by atoms with E-state index in [1.54, 1.807) is 0 Å². The van der Waals surface area contributed by atoms with Crippen LogP contribution in [0.2, 0.25) is 0 Å². The monoisotopic (exact) mass is 298 g/mol. The molecule has 2 nitrogen and oxygen atoms in total. The van der Waals surface area contributed by atoms with Crippen molar-refractivity contribution >= 4 is 17.7 Å². The fraction of sp³-hybridized carbons (Fsp3) is 0.923. The number of alkyl halides is 3. The molecule has 1 N–H and O–H groups in total. The Morgan fingerprint density at radius 1 is 1.37 bits per heavy atom. The minimum atomic E-state index is -4.22. The average molecular weight is 298 g/mol. The first-order valence-corrected chi connectivity index (χ1v) is 7.62. The minimum absolute atomic E-state index is 0.0389. The zero-order chi connectivity index (χ0) is 14.6. The summed E-state index contributed by atoms with van der Waals surface area (Å²) in [6.07, 6.45) is 2.55. The van der Waals surface area contributed by atoms with Crippen molar-refractivity contribution in [3.8, 4) is 0 Å². The van der Waals surface area contributed by atoms with E-state index >= 15 is 0 Å². The summed E-state index contributed by atoms with van der Waals surface area (Å²) >= 11 is -0.0423. The van der Waals surface area contributed by atoms with Crippen LogP contribution in [0.5, 0.6) is 0 Å². The molecule has 3 atom stereocenters. The summed E-state index contributed by atoms with van der Waals surface area (Å²) in [5, 5.41) is 9.16. The second-order valence-electron chi connectivity index (χ2n) is 5.60. The van der Waals surface area contributed by atoms with Gasteiger partial charge in [-0.1, -0.05) is 25.6 Å². The van der Waals surface area contributed by atoms with Crippen molar-refractivity contribution in [3.05, 3.63) is 0 Å². The van der Waals surface area contributed by atoms with Gasteiger partial charge in [-0.05, 0) is 43.4 Å². The lowest BCUT2D eigenvalue weighted by Crippen LogP contribution is -2.32. The molecule has 0 spiro atoms. The Bertz CT molecular complexity index is 305. The Hall–Kier alpha value is -0.390. The van der Waals surface area contributed by atoms with Crippen molar-refractivity contribution in [2.75, 3.05) is 5.75 Å². The van der Waals surface area contributed by atoms with Crippen molar-refractivity contribution in [1.82, 2.24) is 0 Å². The summed E-state index contributed by atoms with van der Waals surface area (Å²) in [7, 11) is 0. The van der Waals surface area contributed by atoms with Gasteiger partial charge >= 0.3 is 11.5 Å². The van der Waals surface area contributed by atoms with Gasteiger partial charge in [0.15, 0.2) is 0 Å². The van der Waals surface area contributed by atoms with E-state index in [-0.39, 0.29) is 23.4 Å². The molecular formula is C13H21F3O2S. The molecule has 0 saturated heterocycles. The molecule has 3 unspecified atom stereocenters. The molecule has 19 heavy (non-hydrogen) atoms. The van der Waals surface area contributed by atoms with Crippen molar-refractivity contribution in [2.45, 2.75) is 45.0 Å². The molecule has 0 heterocycles. The van der Waals surface area contributed by atoms with Crippen LogP contribution in [-0.4, -0.2) is 22.3 Å². The number of thioether (sulfide) groups is 1. The maximum atomic E-state index is 12.1. The lowest BCUT2D eigenvalue weighted by atomic mass is 9.70. The number of hydrogen-bond acceptors (Lipinski definition) is 2. The van der Waals surface area contributed by atoms with E-state index in [4.69, 9.17) is 5.11 Å². The zero-order valence-corrected chi connectivity index (χ0v) is 12.1. The maximum absolute atomic E-state index is 12.1. The predicted octanol–water partition coefficient (Wildman–Crippen LogP) is 4.40. The molecule has 0 bridgehead atoms. The van der Waals surface area contributed by atoms with E-state index in [9.17, 15) is 18.0 Å². The van der Waals surface area contributed by atoms with E-state index in [0.29, 0.717) is 24.7 Å². The second kappa shape index (κ2) is 6.86. The smallest absolute Gasteiger partial charge is 0.441 e. The molecule has 1 aliphatic rings. The van der Waals surface area contributed by atoms with Gasteiger partial charge in [0.1, 0.15) is 0 Å². The Labute approximate surface area is 116 Å². The van der Waals surface area contributed by atoms with E-state index in [1.165, 1.54) is 0 Å². The zero-order valence-electron chi connectivity index (χ0n) is 11.2. The van der Waals surface area contributed by atoms with Gasteiger partial charge in [-0.15, -0.1) is 0 Å². The molecule has 1 saturated carbocycles. The van der Waals surface area contributed by atoms with Crippen LogP contribution < -0.4 is 0 Å². The molecule has 0 amide bonds. The molecule has 6 heteroatoms. The van der Waals surface area contributed by atoms with E-state index in [0.717, 1.165) is 12.8 Å². The number of aliphatic carboxylic acids is 1. The first kappa shape index (κ1) is 16.7. The standard InChI is InChI=1S/C13H21F3O2S/c1-8(2)9-3-4-11(12(17)18)10(7-9)5-6-19-13(14,15)16/h8-11H,3-7H2,1-2H3,(H,17,18). The van der Waals surface area contributed by atoms with Crippen molar-refractivity contribution in [1.29, 1.82) is 0 Å². The largest absolute Gasteiger partial charge is 0.481 e. The molecule has 0 aromatic rings. The lowest BCUT2D eigenvalue weighted by molar-refractivity contribution is -0.145. The Balaban J connectivity index is 2.54. The minimum Gasteiger partial charge on any atom is -0.481 e. The van der Waals surface area contributed by atoms with Gasteiger partial charge in [0.2, 0.25) is 0 Å². The fourth-order valence-corrected chi connectivity index (χ4v) is 3.53. The van der Waals surface area contributed by atoms with Crippen molar-refractivity contribution in [3.63, 3.8) is 0 Å². The molecule has 112 valence electrons. The first-order valence-electron chi connectivity index (χ1n) is 6.64. The van der Waals surface area contributed by atoms with E-state index in [2.05, 4.69) is 13.8 Å². The molecule has 0 radical (unpaired) electrons. The topological polar surface area (TPSA) is 37.3 Å². The number of hydrogen-bond donors (Lipinski definition) is 1. The second-order valence-corrected chi connectivity index (χ2v) is 6.76. The predicted molar refractivity (Wildman–Crippen MR) is 69.9 cm³/mol. The third-order valence-corrected chi connectivity index (χ3v) is 4.80. The number of carboxylic acids is 1. The number of halogens is 3. The van der Waals surface area contributed by atoms with Gasteiger partial charge in [0.05, 0.1) is 5.92 Å². The Morgan fingerprint density at radius 3 is 2.47 bits per heavy atom. The van der Waals surface area contributed by atoms with Crippen LogP contribution in [-0.2, 0) is 4.79 Å². The van der Waals surface area contributed by atoms with Crippen LogP contribution in [0, 0.1) is 23.7 Å². The van der Waals surface area contributed by atoms with Gasteiger partial charge in [-0.2, -0.15) is 13.2 Å². The number of rotatable bonds is 5. The highest BCUT2D eigenvalue weighted by molar-refractivity contribution is 8.00. The lowest BCUT2D eigenvalue weighted by Gasteiger charge is -2.36. The Kier molecular flexibility index (Phi) is 6.02. The van der Waals surface area contributed by atoms with E-state index in [1.807, 2.05) is 0 Å². The summed E-state index contributed by atoms with van der Waals surface area (Å²) in [4.78, 5) is 11.2. The van der Waals surface area contributed by atoms with Gasteiger partial charge in [-0.25, -0.2) is 0 Å². The average Bonchev–Trinajstić information content (AvgIpc) is 2.26. The molecule has 0 aliphatic heterocycles. The summed E-state index contributed by atoms with van der Waals surface area (Å²) in [5.41, 5.74) is -4.22. The fourth-order valence-electron chi connectivity index (χ4n) is 2.88. The van der Waals surface area contributed by atoms with Crippen LogP contribution in [0.3, 0.4) is 0 Å². The van der Waals surface area contributed by atoms with E-state index < -0.39 is 17.4 Å². The van der Waals surface area contributed by atoms with Gasteiger partial charge in [-0.3, -0.25) is 4.79 Å². The summed E-state index contributed by atoms with van der Waals surface area (Å²) in [5.74, 6) is -0.575. The van der Waals surface area contributed by atoms with Crippen molar-refractivity contribution in [2.24, 2.45) is 23.7 Å². The molecule has 1 aliphatic carbocycles. The highest BCUT2D eigenvalue weighted by Gasteiger charge is 2.36. The van der Waals surface area contributed by atoms with Crippen LogP contribution in [0.4, 0.5) is 13.2 Å². The third kappa shape index (κ3) is 5.63. The molecule has 0 aromatic heterocycles. The van der Waals surface area contributed by atoms with Gasteiger partial charge in [0, 0.05) is 5.75 Å². The first-order chi connectivity index (χ1) is 8.70. The third-order valence-electron chi connectivity index (χ3n) is 4.04. The summed E-state index contributed by atoms with van der Waals surface area (Å²) < 4.78 is 36.4. The normalized spacial score (nSPS) is 28.6. The summed E-state index contributed by atoms with van der Waals surface area (Å²) in [6, 6.07) is 0. The van der Waals surface area contributed by atoms with Crippen LogP contribution >= 0.6 is 11.8 Å². The highest BCUT2D eigenvalue weighted by atomic mass is 32.2. The van der Waals surface area contributed by atoms with Crippen LogP contribution in [0.15, 0.2) is 0 Å². The molecular weight excluding hydrogens is 277 g/mol. The maximum Gasteiger partial charge on any atom is 0.441 e.